The average molecular weight is 480 g/mol. The normalized spacial score (nSPS) is 11.8. The lowest BCUT2D eigenvalue weighted by Crippen LogP contribution is -2.31. The molecule has 0 unspecified atom stereocenters. The van der Waals surface area contributed by atoms with Gasteiger partial charge in [0.1, 0.15) is 11.5 Å². The molecule has 3 aromatic carbocycles. The van der Waals surface area contributed by atoms with Gasteiger partial charge in [0.25, 0.3) is 0 Å². The summed E-state index contributed by atoms with van der Waals surface area (Å²) in [5.74, 6) is 1.90. The van der Waals surface area contributed by atoms with Gasteiger partial charge in [0.05, 0.1) is 13.2 Å². The van der Waals surface area contributed by atoms with Gasteiger partial charge in [-0.15, -0.1) is 0 Å². The third-order valence-corrected chi connectivity index (χ3v) is 6.05. The van der Waals surface area contributed by atoms with Crippen LogP contribution in [0.25, 0.3) is 0 Å². The van der Waals surface area contributed by atoms with E-state index in [1.165, 1.54) is 0 Å². The van der Waals surface area contributed by atoms with Crippen LogP contribution in [0.2, 0.25) is 5.02 Å². The van der Waals surface area contributed by atoms with E-state index >= 15 is 0 Å². The van der Waals surface area contributed by atoms with Crippen LogP contribution in [0.4, 0.5) is 0 Å². The van der Waals surface area contributed by atoms with Crippen LogP contribution in [0.3, 0.4) is 0 Å². The number of rotatable bonds is 11. The monoisotopic (exact) mass is 479 g/mol. The summed E-state index contributed by atoms with van der Waals surface area (Å²) in [6, 6.07) is 24.0. The first-order valence-corrected chi connectivity index (χ1v) is 12.2. The van der Waals surface area contributed by atoms with Crippen molar-refractivity contribution < 1.29 is 14.3 Å². The summed E-state index contributed by atoms with van der Waals surface area (Å²) < 4.78 is 11.5. The first-order valence-electron chi connectivity index (χ1n) is 11.8. The summed E-state index contributed by atoms with van der Waals surface area (Å²) in [7, 11) is 1.70. The molecule has 0 aliphatic carbocycles. The molecule has 0 bridgehead atoms. The fraction of sp³-hybridized carbons (Fsp3) is 0.345. The van der Waals surface area contributed by atoms with E-state index < -0.39 is 0 Å². The number of ether oxygens (including phenoxy) is 2. The molecule has 0 saturated carbocycles. The van der Waals surface area contributed by atoms with Crippen molar-refractivity contribution in [2.24, 2.45) is 0 Å². The largest absolute Gasteiger partial charge is 0.496 e. The second-order valence-electron chi connectivity index (χ2n) is 8.61. The molecule has 4 nitrogen and oxygen atoms in total. The SMILES string of the molecule is CCC(=O)N(CC[C@H](c1ccc(OC(C)C)cc1)c1ccccc1OC)Cc1ccc(Cl)cc1. The summed E-state index contributed by atoms with van der Waals surface area (Å²) in [4.78, 5) is 14.7. The Morgan fingerprint density at radius 2 is 1.65 bits per heavy atom. The topological polar surface area (TPSA) is 38.8 Å². The number of hydrogen-bond donors (Lipinski definition) is 0. The van der Waals surface area contributed by atoms with Gasteiger partial charge in [-0.05, 0) is 61.7 Å². The molecule has 0 saturated heterocycles. The molecular formula is C29H34ClNO3. The molecule has 0 radical (unpaired) electrons. The van der Waals surface area contributed by atoms with Crippen LogP contribution in [-0.4, -0.2) is 30.6 Å². The summed E-state index contributed by atoms with van der Waals surface area (Å²) in [6.07, 6.45) is 1.36. The molecule has 0 N–H and O–H groups in total. The Hall–Kier alpha value is -2.98. The Morgan fingerprint density at radius 1 is 0.971 bits per heavy atom. The lowest BCUT2D eigenvalue weighted by molar-refractivity contribution is -0.131. The molecule has 0 aromatic heterocycles. The first kappa shape index (κ1) is 25.6. The zero-order valence-corrected chi connectivity index (χ0v) is 21.2. The summed E-state index contributed by atoms with van der Waals surface area (Å²) in [6.45, 7) is 7.13. The van der Waals surface area contributed by atoms with Crippen LogP contribution in [-0.2, 0) is 11.3 Å². The second kappa shape index (κ2) is 12.5. The van der Waals surface area contributed by atoms with Crippen molar-refractivity contribution in [2.75, 3.05) is 13.7 Å². The highest BCUT2D eigenvalue weighted by atomic mass is 35.5. The number of halogens is 1. The van der Waals surface area contributed by atoms with Crippen LogP contribution in [0, 0.1) is 0 Å². The summed E-state index contributed by atoms with van der Waals surface area (Å²) >= 11 is 6.04. The van der Waals surface area contributed by atoms with Gasteiger partial charge < -0.3 is 14.4 Å². The highest BCUT2D eigenvalue weighted by molar-refractivity contribution is 6.30. The van der Waals surface area contributed by atoms with Crippen LogP contribution in [0.1, 0.15) is 56.2 Å². The summed E-state index contributed by atoms with van der Waals surface area (Å²) in [5, 5.41) is 0.693. The quantitative estimate of drug-likeness (QED) is 0.294. The first-order chi connectivity index (χ1) is 16.4. The van der Waals surface area contributed by atoms with E-state index in [0.29, 0.717) is 24.5 Å². The van der Waals surface area contributed by atoms with E-state index in [1.54, 1.807) is 7.11 Å². The molecule has 0 fully saturated rings. The average Bonchev–Trinajstić information content (AvgIpc) is 2.85. The maximum Gasteiger partial charge on any atom is 0.222 e. The Morgan fingerprint density at radius 3 is 2.26 bits per heavy atom. The molecule has 5 heteroatoms. The van der Waals surface area contributed by atoms with Gasteiger partial charge in [0.2, 0.25) is 5.91 Å². The maximum absolute atomic E-state index is 12.8. The third-order valence-electron chi connectivity index (χ3n) is 5.80. The van der Waals surface area contributed by atoms with E-state index in [1.807, 2.05) is 80.3 Å². The van der Waals surface area contributed by atoms with E-state index in [0.717, 1.165) is 34.6 Å². The lowest BCUT2D eigenvalue weighted by atomic mass is 9.87. The van der Waals surface area contributed by atoms with Crippen LogP contribution < -0.4 is 9.47 Å². The van der Waals surface area contributed by atoms with Gasteiger partial charge >= 0.3 is 0 Å². The molecule has 3 aromatic rings. The molecule has 1 atom stereocenters. The fourth-order valence-electron chi connectivity index (χ4n) is 4.12. The minimum Gasteiger partial charge on any atom is -0.496 e. The van der Waals surface area contributed by atoms with Crippen molar-refractivity contribution in [3.05, 3.63) is 94.5 Å². The van der Waals surface area contributed by atoms with Crippen molar-refractivity contribution in [2.45, 2.75) is 52.2 Å². The van der Waals surface area contributed by atoms with E-state index in [9.17, 15) is 4.79 Å². The number of carbonyl (C=O) groups is 1. The minimum atomic E-state index is 0.0709. The Kier molecular flexibility index (Phi) is 9.41. The third kappa shape index (κ3) is 7.01. The Labute approximate surface area is 208 Å². The molecule has 0 aliphatic rings. The van der Waals surface area contributed by atoms with E-state index in [-0.39, 0.29) is 17.9 Å². The van der Waals surface area contributed by atoms with Gasteiger partial charge in [-0.25, -0.2) is 0 Å². The fourth-order valence-corrected chi connectivity index (χ4v) is 4.24. The highest BCUT2D eigenvalue weighted by Gasteiger charge is 2.21. The molecule has 0 aliphatic heterocycles. The van der Waals surface area contributed by atoms with Crippen LogP contribution >= 0.6 is 11.6 Å². The van der Waals surface area contributed by atoms with E-state index in [2.05, 4.69) is 18.2 Å². The standard InChI is InChI=1S/C29H34ClNO3/c1-5-29(32)31(20-22-10-14-24(30)15-11-22)19-18-26(27-8-6-7-9-28(27)33-4)23-12-16-25(17-13-23)34-21(2)3/h6-17,21,26H,5,18-20H2,1-4H3/t26-/m1/s1. The summed E-state index contributed by atoms with van der Waals surface area (Å²) in [5.41, 5.74) is 3.34. The zero-order valence-electron chi connectivity index (χ0n) is 20.5. The van der Waals surface area contributed by atoms with Crippen molar-refractivity contribution in [1.29, 1.82) is 0 Å². The van der Waals surface area contributed by atoms with Gasteiger partial charge in [0.15, 0.2) is 0 Å². The Bertz CT molecular complexity index is 1050. The van der Waals surface area contributed by atoms with Gasteiger partial charge in [-0.1, -0.05) is 61.0 Å². The number of amides is 1. The van der Waals surface area contributed by atoms with Gasteiger partial charge in [0, 0.05) is 36.0 Å². The smallest absolute Gasteiger partial charge is 0.222 e. The molecule has 0 spiro atoms. The number of benzene rings is 3. The Balaban J connectivity index is 1.87. The zero-order chi connectivity index (χ0) is 24.5. The predicted molar refractivity (Wildman–Crippen MR) is 139 cm³/mol. The number of carbonyl (C=O) groups excluding carboxylic acids is 1. The van der Waals surface area contributed by atoms with Gasteiger partial charge in [-0.3, -0.25) is 4.79 Å². The lowest BCUT2D eigenvalue weighted by Gasteiger charge is -2.27. The number of nitrogens with zero attached hydrogens (tertiary/aromatic N) is 1. The van der Waals surface area contributed by atoms with Crippen molar-refractivity contribution in [3.63, 3.8) is 0 Å². The molecule has 3 rings (SSSR count). The van der Waals surface area contributed by atoms with Crippen molar-refractivity contribution in [3.8, 4) is 11.5 Å². The highest BCUT2D eigenvalue weighted by Crippen LogP contribution is 2.35. The number of hydrogen-bond acceptors (Lipinski definition) is 3. The molecule has 34 heavy (non-hydrogen) atoms. The van der Waals surface area contributed by atoms with Gasteiger partial charge in [-0.2, -0.15) is 0 Å². The molecule has 1 amide bonds. The minimum absolute atomic E-state index is 0.0709. The maximum atomic E-state index is 12.8. The predicted octanol–water partition coefficient (Wildman–Crippen LogP) is 7.10. The van der Waals surface area contributed by atoms with Crippen molar-refractivity contribution >= 4 is 17.5 Å². The van der Waals surface area contributed by atoms with Crippen molar-refractivity contribution in [1.82, 2.24) is 4.90 Å². The molecule has 0 heterocycles. The number of methoxy groups -OCH3 is 1. The number of para-hydroxylation sites is 1. The molecular weight excluding hydrogens is 446 g/mol. The molecule has 180 valence electrons. The second-order valence-corrected chi connectivity index (χ2v) is 9.05. The van der Waals surface area contributed by atoms with Crippen LogP contribution in [0.5, 0.6) is 11.5 Å². The van der Waals surface area contributed by atoms with E-state index in [4.69, 9.17) is 21.1 Å². The van der Waals surface area contributed by atoms with Crippen LogP contribution in [0.15, 0.2) is 72.8 Å².